The molecule has 4 nitrogen and oxygen atoms in total. The molecule has 0 aliphatic heterocycles. The van der Waals surface area contributed by atoms with E-state index in [-0.39, 0.29) is 18.2 Å². The molecule has 4 heteroatoms. The van der Waals surface area contributed by atoms with Gasteiger partial charge in [0.25, 0.3) is 0 Å². The van der Waals surface area contributed by atoms with Gasteiger partial charge in [0.1, 0.15) is 5.75 Å². The average Bonchev–Trinajstić information content (AvgIpc) is 2.29. The molecule has 0 atom stereocenters. The topological polar surface area (TPSA) is 52.6 Å². The number of hydrogen-bond acceptors (Lipinski definition) is 3. The Kier molecular flexibility index (Phi) is 4.54. The third-order valence-electron chi connectivity index (χ3n) is 2.18. The molecule has 16 heavy (non-hydrogen) atoms. The molecule has 86 valence electrons. The van der Waals surface area contributed by atoms with Crippen molar-refractivity contribution in [3.05, 3.63) is 36.9 Å². The summed E-state index contributed by atoms with van der Waals surface area (Å²) in [5.74, 6) is 0.155. The molecule has 1 aromatic rings. The van der Waals surface area contributed by atoms with E-state index >= 15 is 0 Å². The lowest BCUT2D eigenvalue weighted by molar-refractivity contribution is -0.117. The highest BCUT2D eigenvalue weighted by Gasteiger charge is 2.09. The van der Waals surface area contributed by atoms with Gasteiger partial charge in [-0.25, -0.2) is 0 Å². The van der Waals surface area contributed by atoms with Crippen molar-refractivity contribution < 1.29 is 9.90 Å². The molecule has 0 spiro atoms. The quantitative estimate of drug-likeness (QED) is 0.577. The molecule has 1 amide bonds. The first-order chi connectivity index (χ1) is 7.65. The Morgan fingerprint density at radius 1 is 1.50 bits per heavy atom. The molecule has 0 fully saturated rings. The Labute approximate surface area is 95.2 Å². The third-order valence-corrected chi connectivity index (χ3v) is 2.18. The van der Waals surface area contributed by atoms with Crippen LogP contribution >= 0.6 is 0 Å². The Hall–Kier alpha value is -1.81. The van der Waals surface area contributed by atoms with Crippen LogP contribution in [0.2, 0.25) is 0 Å². The average molecular weight is 220 g/mol. The van der Waals surface area contributed by atoms with Crippen molar-refractivity contribution in [3.8, 4) is 5.75 Å². The molecule has 1 rings (SSSR count). The van der Waals surface area contributed by atoms with Gasteiger partial charge in [-0.15, -0.1) is 6.58 Å². The lowest BCUT2D eigenvalue weighted by Crippen LogP contribution is -2.35. The summed E-state index contributed by atoms with van der Waals surface area (Å²) in [6.45, 7) is 4.43. The summed E-state index contributed by atoms with van der Waals surface area (Å²) in [5.41, 5.74) is 0.753. The second-order valence-electron chi connectivity index (χ2n) is 3.39. The number of nitrogens with one attached hydrogen (secondary N) is 1. The van der Waals surface area contributed by atoms with Gasteiger partial charge in [-0.1, -0.05) is 6.08 Å². The molecule has 0 saturated carbocycles. The monoisotopic (exact) mass is 220 g/mol. The van der Waals surface area contributed by atoms with Crippen molar-refractivity contribution >= 4 is 11.6 Å². The van der Waals surface area contributed by atoms with Crippen molar-refractivity contribution in [1.29, 1.82) is 0 Å². The van der Waals surface area contributed by atoms with Gasteiger partial charge in [0, 0.05) is 19.3 Å². The van der Waals surface area contributed by atoms with E-state index in [4.69, 9.17) is 5.11 Å². The van der Waals surface area contributed by atoms with E-state index in [0.29, 0.717) is 6.54 Å². The predicted molar refractivity (Wildman–Crippen MR) is 64.6 cm³/mol. The molecule has 1 aromatic carbocycles. The van der Waals surface area contributed by atoms with Crippen LogP contribution < -0.4 is 10.2 Å². The molecule has 0 unspecified atom stereocenters. The van der Waals surface area contributed by atoms with Gasteiger partial charge >= 0.3 is 0 Å². The number of nitrogens with zero attached hydrogens (tertiary/aromatic N) is 1. The Bertz CT molecular complexity index is 360. The Morgan fingerprint density at radius 3 is 2.69 bits per heavy atom. The lowest BCUT2D eigenvalue weighted by Gasteiger charge is -2.17. The number of aromatic hydroxyl groups is 1. The highest BCUT2D eigenvalue weighted by Crippen LogP contribution is 2.16. The largest absolute Gasteiger partial charge is 0.508 e. The number of carbonyl (C=O) groups excluding carboxylic acids is 1. The molecular weight excluding hydrogens is 204 g/mol. The van der Waals surface area contributed by atoms with Gasteiger partial charge in [0.2, 0.25) is 5.91 Å². The standard InChI is InChI=1S/C12H16N2O2/c1-3-8-13-9-12(16)14(2)10-4-6-11(15)7-5-10/h3-7,13,15H,1,8-9H2,2H3. The second kappa shape index (κ2) is 5.92. The van der Waals surface area contributed by atoms with E-state index in [2.05, 4.69) is 11.9 Å². The van der Waals surface area contributed by atoms with Crippen LogP contribution in [0.1, 0.15) is 0 Å². The number of amides is 1. The summed E-state index contributed by atoms with van der Waals surface area (Å²) in [4.78, 5) is 13.2. The van der Waals surface area contributed by atoms with Crippen molar-refractivity contribution in [2.75, 3.05) is 25.0 Å². The fourth-order valence-electron chi connectivity index (χ4n) is 1.22. The number of phenolic OH excluding ortho intramolecular Hbond substituents is 1. The van der Waals surface area contributed by atoms with Gasteiger partial charge in [0.15, 0.2) is 0 Å². The normalized spacial score (nSPS) is 9.81. The molecule has 0 saturated heterocycles. The first-order valence-electron chi connectivity index (χ1n) is 5.02. The molecular formula is C12H16N2O2. The zero-order valence-corrected chi connectivity index (χ0v) is 9.31. The van der Waals surface area contributed by atoms with Crippen molar-refractivity contribution in [1.82, 2.24) is 5.32 Å². The van der Waals surface area contributed by atoms with Crippen LogP contribution in [0.4, 0.5) is 5.69 Å². The SMILES string of the molecule is C=CCNCC(=O)N(C)c1ccc(O)cc1. The van der Waals surface area contributed by atoms with Crippen LogP contribution in [0.15, 0.2) is 36.9 Å². The lowest BCUT2D eigenvalue weighted by atomic mass is 10.3. The Morgan fingerprint density at radius 2 is 2.12 bits per heavy atom. The smallest absolute Gasteiger partial charge is 0.240 e. The molecule has 0 radical (unpaired) electrons. The van der Waals surface area contributed by atoms with Crippen molar-refractivity contribution in [3.63, 3.8) is 0 Å². The summed E-state index contributed by atoms with van der Waals surface area (Å²) in [6.07, 6.45) is 1.70. The van der Waals surface area contributed by atoms with Crippen molar-refractivity contribution in [2.45, 2.75) is 0 Å². The van der Waals surface area contributed by atoms with Gasteiger partial charge in [-0.3, -0.25) is 4.79 Å². The van der Waals surface area contributed by atoms with E-state index in [0.717, 1.165) is 5.69 Å². The maximum atomic E-state index is 11.7. The Balaban J connectivity index is 2.56. The molecule has 0 bridgehead atoms. The predicted octanol–water partition coefficient (Wildman–Crippen LogP) is 1.13. The number of hydrogen-bond donors (Lipinski definition) is 2. The summed E-state index contributed by atoms with van der Waals surface area (Å²) < 4.78 is 0. The van der Waals surface area contributed by atoms with Gasteiger partial charge in [-0.2, -0.15) is 0 Å². The summed E-state index contributed by atoms with van der Waals surface area (Å²) in [5, 5.41) is 12.1. The number of anilines is 1. The zero-order chi connectivity index (χ0) is 12.0. The molecule has 0 aromatic heterocycles. The number of benzene rings is 1. The third kappa shape index (κ3) is 3.40. The molecule has 0 aliphatic carbocycles. The maximum Gasteiger partial charge on any atom is 0.240 e. The van der Waals surface area contributed by atoms with Crippen LogP contribution in [-0.2, 0) is 4.79 Å². The number of rotatable bonds is 5. The van der Waals surface area contributed by atoms with Gasteiger partial charge < -0.3 is 15.3 Å². The van der Waals surface area contributed by atoms with E-state index in [1.807, 2.05) is 0 Å². The minimum atomic E-state index is -0.0347. The number of carbonyl (C=O) groups is 1. The fraction of sp³-hybridized carbons (Fsp3) is 0.250. The molecule has 0 aliphatic rings. The van der Waals surface area contributed by atoms with Crippen LogP contribution in [0.25, 0.3) is 0 Å². The van der Waals surface area contributed by atoms with Gasteiger partial charge in [0.05, 0.1) is 6.54 Å². The van der Waals surface area contributed by atoms with Crippen LogP contribution in [-0.4, -0.2) is 31.2 Å². The van der Waals surface area contributed by atoms with Crippen LogP contribution in [0, 0.1) is 0 Å². The zero-order valence-electron chi connectivity index (χ0n) is 9.31. The maximum absolute atomic E-state index is 11.7. The first-order valence-corrected chi connectivity index (χ1v) is 5.02. The highest BCUT2D eigenvalue weighted by atomic mass is 16.3. The van der Waals surface area contributed by atoms with E-state index in [9.17, 15) is 4.79 Å². The highest BCUT2D eigenvalue weighted by molar-refractivity contribution is 5.94. The van der Waals surface area contributed by atoms with E-state index in [1.54, 1.807) is 37.4 Å². The summed E-state index contributed by atoms with van der Waals surface area (Å²) >= 11 is 0. The van der Waals surface area contributed by atoms with E-state index in [1.165, 1.54) is 4.90 Å². The van der Waals surface area contributed by atoms with Gasteiger partial charge in [-0.05, 0) is 24.3 Å². The first kappa shape index (κ1) is 12.3. The molecule has 0 heterocycles. The fourth-order valence-corrected chi connectivity index (χ4v) is 1.22. The van der Waals surface area contributed by atoms with Crippen molar-refractivity contribution in [2.24, 2.45) is 0 Å². The van der Waals surface area contributed by atoms with E-state index < -0.39 is 0 Å². The number of phenols is 1. The second-order valence-corrected chi connectivity index (χ2v) is 3.39. The van der Waals surface area contributed by atoms with Crippen LogP contribution in [0.3, 0.4) is 0 Å². The van der Waals surface area contributed by atoms with Crippen LogP contribution in [0.5, 0.6) is 5.75 Å². The molecule has 2 N–H and O–H groups in total. The number of likely N-dealkylation sites (N-methyl/N-ethyl adjacent to an activating group) is 1. The minimum Gasteiger partial charge on any atom is -0.508 e. The summed E-state index contributed by atoms with van der Waals surface area (Å²) in [7, 11) is 1.70. The summed E-state index contributed by atoms with van der Waals surface area (Å²) in [6, 6.07) is 6.49. The minimum absolute atomic E-state index is 0.0347.